The van der Waals surface area contributed by atoms with Gasteiger partial charge in [-0.3, -0.25) is 9.36 Å². The number of hydrogen-bond donors (Lipinski definition) is 1. The number of nitrogens with zero attached hydrogens (tertiary/aromatic N) is 2. The topological polar surface area (TPSA) is 46.9 Å². The fraction of sp³-hybridized carbons (Fsp3) is 0.200. The number of rotatable bonds is 5. The number of anilines is 1. The number of imidazole rings is 1. The largest absolute Gasteiger partial charge is 0.323 e. The molecule has 1 heterocycles. The monoisotopic (exact) mass is 369 g/mol. The van der Waals surface area contributed by atoms with Crippen molar-refractivity contribution in [3.05, 3.63) is 71.3 Å². The minimum absolute atomic E-state index is 0.148. The molecule has 3 rings (SSSR count). The Morgan fingerprint density at radius 2 is 1.88 bits per heavy atom. The second kappa shape index (κ2) is 7.74. The maximum atomic E-state index is 13.8. The predicted octanol–water partition coefficient (Wildman–Crippen LogP) is 4.67. The van der Waals surface area contributed by atoms with E-state index in [1.165, 1.54) is 17.8 Å². The van der Waals surface area contributed by atoms with Crippen molar-refractivity contribution in [3.8, 4) is 5.69 Å². The van der Waals surface area contributed by atoms with Gasteiger partial charge in [-0.15, -0.1) is 0 Å². The van der Waals surface area contributed by atoms with Gasteiger partial charge in [0.15, 0.2) is 5.16 Å². The van der Waals surface area contributed by atoms with E-state index in [9.17, 15) is 9.18 Å². The summed E-state index contributed by atoms with van der Waals surface area (Å²) in [5.41, 5.74) is 4.41. The molecule has 0 aliphatic carbocycles. The summed E-state index contributed by atoms with van der Waals surface area (Å²) < 4.78 is 15.7. The zero-order valence-corrected chi connectivity index (χ0v) is 15.7. The highest BCUT2D eigenvalue weighted by Gasteiger charge is 2.12. The highest BCUT2D eigenvalue weighted by Crippen LogP contribution is 2.24. The molecule has 0 unspecified atom stereocenters. The lowest BCUT2D eigenvalue weighted by atomic mass is 10.1. The van der Waals surface area contributed by atoms with E-state index in [-0.39, 0.29) is 17.3 Å². The molecule has 26 heavy (non-hydrogen) atoms. The number of carbonyl (C=O) groups excluding carboxylic acids is 1. The van der Waals surface area contributed by atoms with Gasteiger partial charge in [0.2, 0.25) is 5.91 Å². The number of benzene rings is 2. The molecule has 1 amide bonds. The third-order valence-corrected chi connectivity index (χ3v) is 4.93. The summed E-state index contributed by atoms with van der Waals surface area (Å²) in [7, 11) is 0. The minimum Gasteiger partial charge on any atom is -0.323 e. The zero-order valence-electron chi connectivity index (χ0n) is 14.9. The number of hydrogen-bond acceptors (Lipinski definition) is 3. The first kappa shape index (κ1) is 18.2. The Morgan fingerprint density at radius 3 is 2.69 bits per heavy atom. The smallest absolute Gasteiger partial charge is 0.234 e. The van der Waals surface area contributed by atoms with Crippen molar-refractivity contribution in [2.75, 3.05) is 11.1 Å². The molecular weight excluding hydrogens is 349 g/mol. The summed E-state index contributed by atoms with van der Waals surface area (Å²) in [5, 5.41) is 3.34. The lowest BCUT2D eigenvalue weighted by Gasteiger charge is -2.11. The average Bonchev–Trinajstić information content (AvgIpc) is 3.07. The summed E-state index contributed by atoms with van der Waals surface area (Å²) in [6.45, 7) is 5.93. The van der Waals surface area contributed by atoms with Gasteiger partial charge in [0.25, 0.3) is 0 Å². The summed E-state index contributed by atoms with van der Waals surface area (Å²) in [5.74, 6) is -0.559. The molecule has 0 saturated carbocycles. The van der Waals surface area contributed by atoms with Crippen molar-refractivity contribution in [2.24, 2.45) is 0 Å². The number of nitrogens with one attached hydrogen (secondary N) is 1. The van der Waals surface area contributed by atoms with Crippen LogP contribution in [0.3, 0.4) is 0 Å². The van der Waals surface area contributed by atoms with Crippen LogP contribution in [0.25, 0.3) is 5.69 Å². The number of thioether (sulfide) groups is 1. The quantitative estimate of drug-likeness (QED) is 0.665. The average molecular weight is 369 g/mol. The molecule has 0 aliphatic heterocycles. The van der Waals surface area contributed by atoms with Crippen LogP contribution in [-0.4, -0.2) is 21.2 Å². The van der Waals surface area contributed by atoms with Crippen LogP contribution in [0.4, 0.5) is 10.1 Å². The summed E-state index contributed by atoms with van der Waals surface area (Å²) in [6, 6.07) is 10.9. The molecule has 0 saturated heterocycles. The van der Waals surface area contributed by atoms with Crippen LogP contribution >= 0.6 is 11.8 Å². The first-order valence-corrected chi connectivity index (χ1v) is 9.22. The molecule has 1 N–H and O–H groups in total. The predicted molar refractivity (Wildman–Crippen MR) is 104 cm³/mol. The Bertz CT molecular complexity index is 952. The third-order valence-electron chi connectivity index (χ3n) is 3.96. The maximum Gasteiger partial charge on any atom is 0.234 e. The standard InChI is InChI=1S/C20H20FN3OS/c1-13-5-7-16(21)17(10-13)23-19(25)12-26-20-22-8-9-24(20)18-11-14(2)4-6-15(18)3/h4-11H,12H2,1-3H3,(H,23,25). The van der Waals surface area contributed by atoms with Crippen molar-refractivity contribution in [3.63, 3.8) is 0 Å². The van der Waals surface area contributed by atoms with Crippen molar-refractivity contribution in [2.45, 2.75) is 25.9 Å². The fourth-order valence-corrected chi connectivity index (χ4v) is 3.38. The normalized spacial score (nSPS) is 10.8. The van der Waals surface area contributed by atoms with Gasteiger partial charge in [0.1, 0.15) is 5.82 Å². The molecule has 2 aromatic carbocycles. The molecule has 1 aromatic heterocycles. The van der Waals surface area contributed by atoms with Gasteiger partial charge < -0.3 is 5.32 Å². The Labute approximate surface area is 156 Å². The van der Waals surface area contributed by atoms with Gasteiger partial charge in [0, 0.05) is 12.4 Å². The number of carbonyl (C=O) groups is 1. The Morgan fingerprint density at radius 1 is 1.15 bits per heavy atom. The van der Waals surface area contributed by atoms with Crippen LogP contribution in [-0.2, 0) is 4.79 Å². The van der Waals surface area contributed by atoms with E-state index in [0.29, 0.717) is 0 Å². The van der Waals surface area contributed by atoms with Gasteiger partial charge in [0.05, 0.1) is 17.1 Å². The highest BCUT2D eigenvalue weighted by molar-refractivity contribution is 7.99. The van der Waals surface area contributed by atoms with E-state index in [2.05, 4.69) is 28.5 Å². The van der Waals surface area contributed by atoms with E-state index < -0.39 is 5.82 Å². The van der Waals surface area contributed by atoms with Crippen molar-refractivity contribution >= 4 is 23.4 Å². The molecule has 0 fully saturated rings. The second-order valence-electron chi connectivity index (χ2n) is 6.19. The molecule has 0 aliphatic rings. The van der Waals surface area contributed by atoms with Gasteiger partial charge in [-0.25, -0.2) is 9.37 Å². The lowest BCUT2D eigenvalue weighted by Crippen LogP contribution is -2.15. The summed E-state index contributed by atoms with van der Waals surface area (Å²) in [4.78, 5) is 16.6. The highest BCUT2D eigenvalue weighted by atomic mass is 32.2. The first-order chi connectivity index (χ1) is 12.4. The van der Waals surface area contributed by atoms with Crippen LogP contribution in [0.1, 0.15) is 16.7 Å². The van der Waals surface area contributed by atoms with E-state index in [1.54, 1.807) is 18.3 Å². The van der Waals surface area contributed by atoms with Crippen molar-refractivity contribution in [1.29, 1.82) is 0 Å². The SMILES string of the molecule is Cc1ccc(F)c(NC(=O)CSc2nccn2-c2cc(C)ccc2C)c1. The van der Waals surface area contributed by atoms with Crippen LogP contribution in [0.2, 0.25) is 0 Å². The Hall–Kier alpha value is -2.60. The fourth-order valence-electron chi connectivity index (χ4n) is 2.61. The van der Waals surface area contributed by atoms with Crippen LogP contribution in [0.5, 0.6) is 0 Å². The summed E-state index contributed by atoms with van der Waals surface area (Å²) >= 11 is 1.32. The molecule has 3 aromatic rings. The molecule has 0 radical (unpaired) electrons. The number of halogens is 1. The van der Waals surface area contributed by atoms with Crippen LogP contribution in [0, 0.1) is 26.6 Å². The minimum atomic E-state index is -0.439. The van der Waals surface area contributed by atoms with Crippen LogP contribution in [0.15, 0.2) is 53.9 Å². The van der Waals surface area contributed by atoms with E-state index in [0.717, 1.165) is 27.5 Å². The summed E-state index contributed by atoms with van der Waals surface area (Å²) in [6.07, 6.45) is 3.59. The van der Waals surface area contributed by atoms with Gasteiger partial charge in [-0.05, 0) is 55.7 Å². The molecular formula is C20H20FN3OS. The van der Waals surface area contributed by atoms with Gasteiger partial charge in [-0.1, -0.05) is 30.0 Å². The Balaban J connectivity index is 1.71. The molecule has 4 nitrogen and oxygen atoms in total. The van der Waals surface area contributed by atoms with Gasteiger partial charge in [-0.2, -0.15) is 0 Å². The molecule has 6 heteroatoms. The molecule has 134 valence electrons. The number of aryl methyl sites for hydroxylation is 3. The van der Waals surface area contributed by atoms with Crippen molar-refractivity contribution < 1.29 is 9.18 Å². The first-order valence-electron chi connectivity index (χ1n) is 8.24. The zero-order chi connectivity index (χ0) is 18.7. The second-order valence-corrected chi connectivity index (χ2v) is 7.13. The molecule has 0 bridgehead atoms. The number of amides is 1. The van der Waals surface area contributed by atoms with Crippen molar-refractivity contribution in [1.82, 2.24) is 9.55 Å². The van der Waals surface area contributed by atoms with Crippen LogP contribution < -0.4 is 5.32 Å². The molecule has 0 spiro atoms. The maximum absolute atomic E-state index is 13.8. The van der Waals surface area contributed by atoms with E-state index in [4.69, 9.17) is 0 Å². The lowest BCUT2D eigenvalue weighted by molar-refractivity contribution is -0.113. The Kier molecular flexibility index (Phi) is 5.42. The van der Waals surface area contributed by atoms with E-state index in [1.807, 2.05) is 31.5 Å². The third kappa shape index (κ3) is 4.14. The number of aromatic nitrogens is 2. The van der Waals surface area contributed by atoms with E-state index >= 15 is 0 Å². The molecule has 0 atom stereocenters. The van der Waals surface area contributed by atoms with Gasteiger partial charge >= 0.3 is 0 Å².